The Hall–Kier alpha value is -1.30. The van der Waals surface area contributed by atoms with Crippen LogP contribution in [-0.2, 0) is 42.6 Å². The molecule has 10 fully saturated rings. The summed E-state index contributed by atoms with van der Waals surface area (Å²) in [7, 11) is 0. The number of fused-ring (bicyclic) bond motifs is 4. The number of aliphatic hydroxyl groups is 13. The van der Waals surface area contributed by atoms with Gasteiger partial charge < -0.3 is 109 Å². The Morgan fingerprint density at radius 2 is 1.14 bits per heavy atom. The fourth-order valence-corrected chi connectivity index (χ4v) is 17.8. The van der Waals surface area contributed by atoms with E-state index in [1.54, 1.807) is 0 Å². The molecular formula is C54H88O22. The second kappa shape index (κ2) is 20.2. The number of hydrogen-bond acceptors (Lipinski definition) is 22. The Bertz CT molecular complexity index is 2100. The van der Waals surface area contributed by atoms with E-state index in [1.807, 2.05) is 0 Å². The van der Waals surface area contributed by atoms with Gasteiger partial charge in [-0.15, -0.1) is 0 Å². The lowest BCUT2D eigenvalue weighted by Crippen LogP contribution is -2.74. The predicted molar refractivity (Wildman–Crippen MR) is 260 cm³/mol. The van der Waals surface area contributed by atoms with Crippen molar-refractivity contribution in [3.05, 3.63) is 12.3 Å². The Labute approximate surface area is 444 Å². The van der Waals surface area contributed by atoms with Crippen LogP contribution >= 0.6 is 0 Å². The summed E-state index contributed by atoms with van der Waals surface area (Å²) in [6.45, 7) is 17.7. The van der Waals surface area contributed by atoms with Crippen LogP contribution in [-0.4, -0.2) is 227 Å². The fraction of sp³-hybridized carbons (Fsp3) is 0.963. The van der Waals surface area contributed by atoms with Crippen LogP contribution in [0.15, 0.2) is 12.3 Å². The molecule has 0 aromatic carbocycles. The van der Waals surface area contributed by atoms with Crippen LogP contribution in [0.1, 0.15) is 113 Å². The topological polar surface area (TPSA) is 346 Å². The molecule has 0 aromatic rings. The minimum atomic E-state index is -1.89. The van der Waals surface area contributed by atoms with Crippen LogP contribution in [0, 0.1) is 50.2 Å². The highest BCUT2D eigenvalue weighted by molar-refractivity contribution is 5.34. The van der Waals surface area contributed by atoms with Crippen LogP contribution in [0.25, 0.3) is 0 Å². The maximum Gasteiger partial charge on any atom is 0.187 e. The summed E-state index contributed by atoms with van der Waals surface area (Å²) < 4.78 is 56.3. The molecule has 0 aromatic heterocycles. The molecule has 76 heavy (non-hydrogen) atoms. The first-order valence-electron chi connectivity index (χ1n) is 27.8. The van der Waals surface area contributed by atoms with Gasteiger partial charge in [0.05, 0.1) is 49.3 Å². The largest absolute Gasteiger partial charge is 0.491 e. The zero-order valence-corrected chi connectivity index (χ0v) is 45.0. The Morgan fingerprint density at radius 1 is 0.553 bits per heavy atom. The van der Waals surface area contributed by atoms with Crippen LogP contribution in [0.4, 0.5) is 0 Å². The maximum atomic E-state index is 12.4. The van der Waals surface area contributed by atoms with Crippen LogP contribution < -0.4 is 0 Å². The summed E-state index contributed by atoms with van der Waals surface area (Å²) >= 11 is 0. The van der Waals surface area contributed by atoms with Gasteiger partial charge in [-0.25, -0.2) is 0 Å². The lowest BCUT2D eigenvalue weighted by atomic mass is 9.30. The van der Waals surface area contributed by atoms with Crippen molar-refractivity contribution in [1.29, 1.82) is 0 Å². The molecule has 0 radical (unpaired) electrons. The molecule has 2 bridgehead atoms. The fourth-order valence-electron chi connectivity index (χ4n) is 17.8. The minimum Gasteiger partial charge on any atom is -0.491 e. The van der Waals surface area contributed by atoms with Crippen molar-refractivity contribution in [2.24, 2.45) is 50.2 Å². The molecule has 22 heteroatoms. The van der Waals surface area contributed by atoms with Crippen molar-refractivity contribution in [2.45, 2.75) is 247 Å². The third-order valence-electron chi connectivity index (χ3n) is 22.5. The number of ether oxygens (including phenoxy) is 9. The standard InChI is InChI=1S/C54H88O22/c1-23-33(59)37(63)40(66)44(69-23)75-43-39(65)35(61)26(20-56)71-47(43)72-27-21-68-46(42(36(27)62)74-45-41(67)38(64)34(60)25(19-55)70-45)73-32-11-12-50(6)28(48(32,3)4)9-13-51(7)29(50)10-14-54-30-17-49(5,22-57)15-16-53(30,24(2)76-54)31(58)18-52(51,54)8/h23,25-47,55-67H,2,9-22H2,1,3-8H3. The summed E-state index contributed by atoms with van der Waals surface area (Å²) in [6.07, 6.45) is -24.7. The molecule has 5 aliphatic carbocycles. The van der Waals surface area contributed by atoms with E-state index in [4.69, 9.17) is 42.6 Å². The molecule has 0 amide bonds. The summed E-state index contributed by atoms with van der Waals surface area (Å²) in [5, 5.41) is 142. The van der Waals surface area contributed by atoms with Crippen molar-refractivity contribution >= 4 is 0 Å². The highest BCUT2D eigenvalue weighted by Gasteiger charge is 2.82. The van der Waals surface area contributed by atoms with Gasteiger partial charge in [-0.3, -0.25) is 0 Å². The summed E-state index contributed by atoms with van der Waals surface area (Å²) in [5.74, 6) is 1.07. The van der Waals surface area contributed by atoms with Gasteiger partial charge in [-0.05, 0) is 105 Å². The zero-order chi connectivity index (χ0) is 55.2. The monoisotopic (exact) mass is 1090 g/mol. The lowest BCUT2D eigenvalue weighted by Gasteiger charge is -2.74. The lowest BCUT2D eigenvalue weighted by molar-refractivity contribution is -0.394. The van der Waals surface area contributed by atoms with E-state index < -0.39 is 171 Å². The first kappa shape index (κ1) is 57.9. The van der Waals surface area contributed by atoms with E-state index >= 15 is 0 Å². The summed E-state index contributed by atoms with van der Waals surface area (Å²) in [4.78, 5) is 0. The molecule has 436 valence electrons. The molecule has 30 atom stereocenters. The second-order valence-electron chi connectivity index (χ2n) is 26.5. The van der Waals surface area contributed by atoms with E-state index in [9.17, 15) is 66.4 Å². The Kier molecular flexibility index (Phi) is 15.4. The van der Waals surface area contributed by atoms with Crippen LogP contribution in [0.3, 0.4) is 0 Å². The molecular weight excluding hydrogens is 1000 g/mol. The van der Waals surface area contributed by atoms with E-state index in [1.165, 1.54) is 6.92 Å². The zero-order valence-electron chi connectivity index (χ0n) is 45.0. The van der Waals surface area contributed by atoms with E-state index in [0.717, 1.165) is 51.4 Å². The third-order valence-corrected chi connectivity index (χ3v) is 22.5. The SMILES string of the molecule is C=C1OC23CCC4C5(C)CCC(OC6OCC(OC7OC(CO)C(O)C(O)C7OC7OC(C)C(O)C(O)C7O)C(O)C6OC6OC(CO)C(O)C(O)C6O)C(C)(C)C5CCC4(C)C2(C)CC(O)C12CCC(C)(CO)CC23. The molecule has 10 aliphatic rings. The summed E-state index contributed by atoms with van der Waals surface area (Å²) in [5.41, 5.74) is -2.76. The smallest absolute Gasteiger partial charge is 0.187 e. The highest BCUT2D eigenvalue weighted by atomic mass is 16.8. The molecule has 30 unspecified atom stereocenters. The van der Waals surface area contributed by atoms with E-state index in [-0.39, 0.29) is 40.6 Å². The summed E-state index contributed by atoms with van der Waals surface area (Å²) in [6, 6.07) is 0. The molecule has 5 saturated carbocycles. The van der Waals surface area contributed by atoms with Gasteiger partial charge in [0.1, 0.15) is 91.1 Å². The van der Waals surface area contributed by atoms with Crippen molar-refractivity contribution in [3.8, 4) is 0 Å². The molecule has 1 spiro atoms. The minimum absolute atomic E-state index is 0.0202. The molecule has 5 aliphatic heterocycles. The van der Waals surface area contributed by atoms with Crippen molar-refractivity contribution in [1.82, 2.24) is 0 Å². The van der Waals surface area contributed by atoms with Crippen LogP contribution in [0.5, 0.6) is 0 Å². The van der Waals surface area contributed by atoms with Gasteiger partial charge in [0, 0.05) is 17.9 Å². The van der Waals surface area contributed by atoms with E-state index in [2.05, 4.69) is 48.1 Å². The van der Waals surface area contributed by atoms with Gasteiger partial charge in [-0.1, -0.05) is 48.1 Å². The average Bonchev–Trinajstić information content (AvgIpc) is 3.83. The van der Waals surface area contributed by atoms with Crippen molar-refractivity contribution in [3.63, 3.8) is 0 Å². The number of hydrogen-bond donors (Lipinski definition) is 13. The molecule has 5 saturated heterocycles. The van der Waals surface area contributed by atoms with Gasteiger partial charge in [-0.2, -0.15) is 0 Å². The quantitative estimate of drug-likeness (QED) is 0.108. The predicted octanol–water partition coefficient (Wildman–Crippen LogP) is -1.20. The molecule has 13 N–H and O–H groups in total. The molecule has 10 rings (SSSR count). The third kappa shape index (κ3) is 8.42. The Morgan fingerprint density at radius 3 is 1.79 bits per heavy atom. The second-order valence-corrected chi connectivity index (χ2v) is 26.5. The van der Waals surface area contributed by atoms with Gasteiger partial charge in [0.25, 0.3) is 0 Å². The molecule has 5 heterocycles. The van der Waals surface area contributed by atoms with Crippen molar-refractivity contribution in [2.75, 3.05) is 26.4 Å². The average molecular weight is 1090 g/mol. The molecule has 22 nitrogen and oxygen atoms in total. The van der Waals surface area contributed by atoms with Gasteiger partial charge in [0.2, 0.25) is 0 Å². The van der Waals surface area contributed by atoms with Crippen LogP contribution in [0.2, 0.25) is 0 Å². The Balaban J connectivity index is 0.906. The first-order valence-corrected chi connectivity index (χ1v) is 27.8. The number of rotatable bonds is 11. The van der Waals surface area contributed by atoms with Crippen molar-refractivity contribution < 1.29 is 109 Å². The van der Waals surface area contributed by atoms with E-state index in [0.29, 0.717) is 18.6 Å². The van der Waals surface area contributed by atoms with Gasteiger partial charge >= 0.3 is 0 Å². The first-order chi connectivity index (χ1) is 35.6. The normalized spacial score (nSPS) is 57.9. The highest BCUT2D eigenvalue weighted by Crippen LogP contribution is 2.82. The maximum absolute atomic E-state index is 12.4. The van der Waals surface area contributed by atoms with Gasteiger partial charge in [0.15, 0.2) is 25.2 Å². The number of aliphatic hydroxyl groups excluding tert-OH is 13.